The molecule has 1 N–H and O–H groups in total. The van der Waals surface area contributed by atoms with E-state index in [-0.39, 0.29) is 11.9 Å². The van der Waals surface area contributed by atoms with Crippen LogP contribution in [0.1, 0.15) is 43.4 Å². The number of nitrogens with one attached hydrogen (secondary N) is 1. The van der Waals surface area contributed by atoms with Gasteiger partial charge in [0.05, 0.1) is 19.8 Å². The van der Waals surface area contributed by atoms with Gasteiger partial charge in [-0.15, -0.1) is 0 Å². The summed E-state index contributed by atoms with van der Waals surface area (Å²) >= 11 is 0. The van der Waals surface area contributed by atoms with Gasteiger partial charge in [0.15, 0.2) is 0 Å². The number of benzene rings is 2. The lowest BCUT2D eigenvalue weighted by atomic mass is 10.0. The summed E-state index contributed by atoms with van der Waals surface area (Å²) in [7, 11) is 1.65. The van der Waals surface area contributed by atoms with Crippen LogP contribution in [0.2, 0.25) is 0 Å². The summed E-state index contributed by atoms with van der Waals surface area (Å²) in [6, 6.07) is 15.8. The standard InChI is InChI=1S/C21H27NO3/c1-4-20(17-9-13-18(24-3)14-10-17)22-21(23)6-5-15-25-19-11-7-16(2)8-12-19/h7-14,20H,4-6,15H2,1-3H3,(H,22,23)/t20-/m1/s1. The summed E-state index contributed by atoms with van der Waals surface area (Å²) in [6.07, 6.45) is 2.00. The van der Waals surface area contributed by atoms with Gasteiger partial charge >= 0.3 is 0 Å². The minimum atomic E-state index is 0.0245. The number of amides is 1. The molecule has 0 heterocycles. The van der Waals surface area contributed by atoms with Gasteiger partial charge < -0.3 is 14.8 Å². The first-order valence-corrected chi connectivity index (χ1v) is 8.75. The topological polar surface area (TPSA) is 47.6 Å². The maximum atomic E-state index is 12.2. The van der Waals surface area contributed by atoms with Crippen molar-refractivity contribution >= 4 is 5.91 Å². The summed E-state index contributed by atoms with van der Waals surface area (Å²) < 4.78 is 10.8. The molecule has 0 spiro atoms. The lowest BCUT2D eigenvalue weighted by molar-refractivity contribution is -0.122. The van der Waals surface area contributed by atoms with Crippen LogP contribution in [0, 0.1) is 6.92 Å². The predicted molar refractivity (Wildman–Crippen MR) is 100 cm³/mol. The molecule has 0 saturated carbocycles. The highest BCUT2D eigenvalue weighted by Gasteiger charge is 2.12. The van der Waals surface area contributed by atoms with Gasteiger partial charge in [-0.25, -0.2) is 0 Å². The summed E-state index contributed by atoms with van der Waals surface area (Å²) in [5.41, 5.74) is 2.29. The monoisotopic (exact) mass is 341 g/mol. The number of hydrogen-bond acceptors (Lipinski definition) is 3. The fourth-order valence-corrected chi connectivity index (χ4v) is 2.58. The quantitative estimate of drug-likeness (QED) is 0.686. The minimum Gasteiger partial charge on any atom is -0.497 e. The first-order valence-electron chi connectivity index (χ1n) is 8.75. The lowest BCUT2D eigenvalue weighted by Crippen LogP contribution is -2.28. The molecule has 0 aliphatic rings. The Hall–Kier alpha value is -2.49. The largest absolute Gasteiger partial charge is 0.497 e. The van der Waals surface area contributed by atoms with Gasteiger partial charge in [-0.05, 0) is 49.6 Å². The Labute approximate surface area is 150 Å². The third-order valence-corrected chi connectivity index (χ3v) is 4.10. The Morgan fingerprint density at radius 1 is 1.04 bits per heavy atom. The van der Waals surface area contributed by atoms with Crippen LogP contribution in [0.5, 0.6) is 11.5 Å². The molecule has 0 unspecified atom stereocenters. The van der Waals surface area contributed by atoms with Gasteiger partial charge in [0.2, 0.25) is 5.91 Å². The highest BCUT2D eigenvalue weighted by Crippen LogP contribution is 2.20. The van der Waals surface area contributed by atoms with Gasteiger partial charge in [0.25, 0.3) is 0 Å². The third kappa shape index (κ3) is 6.14. The first kappa shape index (κ1) is 18.8. The zero-order chi connectivity index (χ0) is 18.1. The predicted octanol–water partition coefficient (Wildman–Crippen LogP) is 4.43. The number of ether oxygens (including phenoxy) is 2. The maximum Gasteiger partial charge on any atom is 0.220 e. The van der Waals surface area contributed by atoms with Crippen molar-refractivity contribution in [3.05, 3.63) is 59.7 Å². The molecule has 0 fully saturated rings. The van der Waals surface area contributed by atoms with Crippen LogP contribution < -0.4 is 14.8 Å². The average molecular weight is 341 g/mol. The Kier molecular flexibility index (Phi) is 7.33. The molecule has 2 rings (SSSR count). The Balaban J connectivity index is 1.74. The SMILES string of the molecule is CC[C@@H](NC(=O)CCCOc1ccc(C)cc1)c1ccc(OC)cc1. The average Bonchev–Trinajstić information content (AvgIpc) is 2.65. The van der Waals surface area contributed by atoms with E-state index in [1.165, 1.54) is 5.56 Å². The molecular formula is C21H27NO3. The molecule has 4 nitrogen and oxygen atoms in total. The van der Waals surface area contributed by atoms with Crippen molar-refractivity contribution in [1.82, 2.24) is 5.32 Å². The van der Waals surface area contributed by atoms with E-state index in [9.17, 15) is 4.79 Å². The van der Waals surface area contributed by atoms with Gasteiger partial charge in [-0.1, -0.05) is 36.8 Å². The molecule has 1 amide bonds. The van der Waals surface area contributed by atoms with Crippen molar-refractivity contribution in [2.24, 2.45) is 0 Å². The molecule has 134 valence electrons. The molecule has 0 radical (unpaired) electrons. The van der Waals surface area contributed by atoms with E-state index in [0.717, 1.165) is 23.5 Å². The number of methoxy groups -OCH3 is 1. The van der Waals surface area contributed by atoms with E-state index < -0.39 is 0 Å². The highest BCUT2D eigenvalue weighted by atomic mass is 16.5. The number of hydrogen-bond donors (Lipinski definition) is 1. The summed E-state index contributed by atoms with van der Waals surface area (Å²) in [5, 5.41) is 3.09. The van der Waals surface area contributed by atoms with Crippen molar-refractivity contribution in [2.75, 3.05) is 13.7 Å². The van der Waals surface area contributed by atoms with Crippen LogP contribution in [-0.2, 0) is 4.79 Å². The molecule has 4 heteroatoms. The molecule has 0 aromatic heterocycles. The van der Waals surface area contributed by atoms with Crippen molar-refractivity contribution in [2.45, 2.75) is 39.2 Å². The van der Waals surface area contributed by atoms with Crippen LogP contribution in [-0.4, -0.2) is 19.6 Å². The van der Waals surface area contributed by atoms with E-state index in [1.807, 2.05) is 55.5 Å². The second-order valence-corrected chi connectivity index (χ2v) is 6.07. The van der Waals surface area contributed by atoms with E-state index in [2.05, 4.69) is 12.2 Å². The molecular weight excluding hydrogens is 314 g/mol. The number of carbonyl (C=O) groups excluding carboxylic acids is 1. The van der Waals surface area contributed by atoms with Crippen molar-refractivity contribution in [3.8, 4) is 11.5 Å². The zero-order valence-corrected chi connectivity index (χ0v) is 15.2. The number of carbonyl (C=O) groups is 1. The molecule has 1 atom stereocenters. The van der Waals surface area contributed by atoms with Gasteiger partial charge in [0.1, 0.15) is 11.5 Å². The minimum absolute atomic E-state index is 0.0245. The molecule has 0 aliphatic heterocycles. The second-order valence-electron chi connectivity index (χ2n) is 6.07. The molecule has 25 heavy (non-hydrogen) atoms. The Morgan fingerprint density at radius 2 is 1.68 bits per heavy atom. The van der Waals surface area contributed by atoms with Crippen LogP contribution in [0.25, 0.3) is 0 Å². The Morgan fingerprint density at radius 3 is 2.28 bits per heavy atom. The summed E-state index contributed by atoms with van der Waals surface area (Å²) in [5.74, 6) is 1.71. The molecule has 2 aromatic rings. The molecule has 0 bridgehead atoms. The van der Waals surface area contributed by atoms with E-state index in [0.29, 0.717) is 19.4 Å². The normalized spacial score (nSPS) is 11.6. The van der Waals surface area contributed by atoms with Crippen LogP contribution in [0.4, 0.5) is 0 Å². The first-order chi connectivity index (χ1) is 12.1. The van der Waals surface area contributed by atoms with Crippen LogP contribution in [0.15, 0.2) is 48.5 Å². The van der Waals surface area contributed by atoms with Crippen LogP contribution >= 0.6 is 0 Å². The van der Waals surface area contributed by atoms with E-state index >= 15 is 0 Å². The number of aryl methyl sites for hydroxylation is 1. The van der Waals surface area contributed by atoms with Crippen molar-refractivity contribution in [1.29, 1.82) is 0 Å². The molecule has 2 aromatic carbocycles. The summed E-state index contributed by atoms with van der Waals surface area (Å²) in [6.45, 7) is 4.65. The van der Waals surface area contributed by atoms with E-state index in [1.54, 1.807) is 7.11 Å². The van der Waals surface area contributed by atoms with Crippen molar-refractivity contribution < 1.29 is 14.3 Å². The van der Waals surface area contributed by atoms with Crippen molar-refractivity contribution in [3.63, 3.8) is 0 Å². The fraction of sp³-hybridized carbons (Fsp3) is 0.381. The zero-order valence-electron chi connectivity index (χ0n) is 15.2. The highest BCUT2D eigenvalue weighted by molar-refractivity contribution is 5.76. The van der Waals surface area contributed by atoms with Gasteiger partial charge in [0, 0.05) is 6.42 Å². The van der Waals surface area contributed by atoms with Gasteiger partial charge in [-0.3, -0.25) is 4.79 Å². The summed E-state index contributed by atoms with van der Waals surface area (Å²) in [4.78, 5) is 12.2. The lowest BCUT2D eigenvalue weighted by Gasteiger charge is -2.18. The maximum absolute atomic E-state index is 12.2. The Bertz CT molecular complexity index is 650. The van der Waals surface area contributed by atoms with Gasteiger partial charge in [-0.2, -0.15) is 0 Å². The third-order valence-electron chi connectivity index (χ3n) is 4.10. The molecule has 0 saturated heterocycles. The fourth-order valence-electron chi connectivity index (χ4n) is 2.58. The molecule has 0 aliphatic carbocycles. The van der Waals surface area contributed by atoms with Crippen LogP contribution in [0.3, 0.4) is 0 Å². The second kappa shape index (κ2) is 9.72. The smallest absolute Gasteiger partial charge is 0.220 e. The number of rotatable bonds is 9. The van der Waals surface area contributed by atoms with E-state index in [4.69, 9.17) is 9.47 Å².